The van der Waals surface area contributed by atoms with Crippen molar-refractivity contribution in [2.75, 3.05) is 13.1 Å². The number of hydrogen-bond donors (Lipinski definition) is 1. The highest BCUT2D eigenvalue weighted by molar-refractivity contribution is 9.09. The fraction of sp³-hybridized carbons (Fsp3) is 0.727. The average Bonchev–Trinajstić information content (AvgIpc) is 2.26. The minimum absolute atomic E-state index is 0.506. The van der Waals surface area contributed by atoms with Gasteiger partial charge in [0.05, 0.1) is 0 Å². The number of alkyl halides is 1. The molecule has 1 fully saturated rings. The maximum Gasteiger partial charge on any atom is 0.407 e. The number of amides is 1. The number of carbonyl (C=O) groups is 1. The molecule has 1 atom stereocenters. The van der Waals surface area contributed by atoms with Gasteiger partial charge in [-0.1, -0.05) is 22.0 Å². The molecule has 1 rings (SSSR count). The summed E-state index contributed by atoms with van der Waals surface area (Å²) >= 11 is 3.68. The molecule has 1 heterocycles. The number of rotatable bonds is 4. The molecule has 1 N–H and O–H groups in total. The molecule has 1 unspecified atom stereocenters. The quantitative estimate of drug-likeness (QED) is 0.633. The van der Waals surface area contributed by atoms with Gasteiger partial charge in [-0.05, 0) is 31.6 Å². The van der Waals surface area contributed by atoms with Crippen LogP contribution in [0.25, 0.3) is 0 Å². The molecule has 15 heavy (non-hydrogen) atoms. The van der Waals surface area contributed by atoms with Crippen LogP contribution in [0.15, 0.2) is 12.7 Å². The molecular formula is C11H18BrNO2. The highest BCUT2D eigenvalue weighted by Gasteiger charge is 2.26. The predicted octanol–water partition coefficient (Wildman–Crippen LogP) is 3.11. The molecule has 1 aliphatic rings. The maximum atomic E-state index is 10.7. The van der Waals surface area contributed by atoms with Crippen molar-refractivity contribution in [3.05, 3.63) is 12.7 Å². The van der Waals surface area contributed by atoms with E-state index in [-0.39, 0.29) is 0 Å². The smallest absolute Gasteiger partial charge is 0.407 e. The normalized spacial score (nSPS) is 19.9. The summed E-state index contributed by atoms with van der Waals surface area (Å²) in [5.74, 6) is 0.612. The van der Waals surface area contributed by atoms with Crippen LogP contribution in [0.1, 0.15) is 25.7 Å². The summed E-state index contributed by atoms with van der Waals surface area (Å²) in [7, 11) is 0. The first-order valence-electron chi connectivity index (χ1n) is 5.38. The van der Waals surface area contributed by atoms with Crippen LogP contribution in [0.5, 0.6) is 0 Å². The number of piperidine rings is 1. The van der Waals surface area contributed by atoms with Crippen molar-refractivity contribution < 1.29 is 9.90 Å². The third-order valence-electron chi connectivity index (χ3n) is 2.97. The summed E-state index contributed by atoms with van der Waals surface area (Å²) in [6, 6.07) is 0. The van der Waals surface area contributed by atoms with Crippen molar-refractivity contribution in [2.45, 2.75) is 30.5 Å². The van der Waals surface area contributed by atoms with Crippen molar-refractivity contribution in [2.24, 2.45) is 5.92 Å². The Morgan fingerprint density at radius 1 is 1.60 bits per heavy atom. The number of carboxylic acid groups (broad SMARTS) is 1. The molecule has 86 valence electrons. The SMILES string of the molecule is C=CCCC(Br)C1CCN(C(=O)O)CC1. The van der Waals surface area contributed by atoms with Gasteiger partial charge in [0, 0.05) is 17.9 Å². The number of likely N-dealkylation sites (tertiary alicyclic amines) is 1. The van der Waals surface area contributed by atoms with Gasteiger partial charge in [-0.2, -0.15) is 0 Å². The Labute approximate surface area is 99.3 Å². The molecule has 0 aliphatic carbocycles. The van der Waals surface area contributed by atoms with Gasteiger partial charge in [0.1, 0.15) is 0 Å². The summed E-state index contributed by atoms with van der Waals surface area (Å²) in [4.78, 5) is 12.7. The van der Waals surface area contributed by atoms with Crippen molar-refractivity contribution in [1.82, 2.24) is 4.90 Å². The van der Waals surface area contributed by atoms with Crippen LogP contribution in [0.4, 0.5) is 4.79 Å². The van der Waals surface area contributed by atoms with Gasteiger partial charge in [0.15, 0.2) is 0 Å². The first kappa shape index (κ1) is 12.6. The van der Waals surface area contributed by atoms with Gasteiger partial charge in [-0.15, -0.1) is 6.58 Å². The molecule has 0 saturated carbocycles. The first-order valence-corrected chi connectivity index (χ1v) is 6.29. The zero-order valence-electron chi connectivity index (χ0n) is 8.86. The zero-order valence-corrected chi connectivity index (χ0v) is 10.4. The van der Waals surface area contributed by atoms with Gasteiger partial charge in [-0.3, -0.25) is 0 Å². The van der Waals surface area contributed by atoms with Crippen molar-refractivity contribution >= 4 is 22.0 Å². The van der Waals surface area contributed by atoms with Crippen LogP contribution >= 0.6 is 15.9 Å². The van der Waals surface area contributed by atoms with E-state index in [1.807, 2.05) is 6.08 Å². The van der Waals surface area contributed by atoms with Gasteiger partial charge in [-0.25, -0.2) is 4.79 Å². The van der Waals surface area contributed by atoms with E-state index >= 15 is 0 Å². The molecule has 0 bridgehead atoms. The van der Waals surface area contributed by atoms with E-state index in [1.54, 1.807) is 0 Å². The highest BCUT2D eigenvalue weighted by atomic mass is 79.9. The van der Waals surface area contributed by atoms with E-state index in [1.165, 1.54) is 4.90 Å². The molecular weight excluding hydrogens is 258 g/mol. The largest absolute Gasteiger partial charge is 0.465 e. The van der Waals surface area contributed by atoms with Crippen molar-refractivity contribution in [3.8, 4) is 0 Å². The lowest BCUT2D eigenvalue weighted by Crippen LogP contribution is -2.39. The monoisotopic (exact) mass is 275 g/mol. The third kappa shape index (κ3) is 3.86. The molecule has 1 amide bonds. The van der Waals surface area contributed by atoms with E-state index in [0.717, 1.165) is 25.7 Å². The fourth-order valence-corrected chi connectivity index (χ4v) is 2.76. The zero-order chi connectivity index (χ0) is 11.3. The van der Waals surface area contributed by atoms with Gasteiger partial charge in [0.25, 0.3) is 0 Å². The Morgan fingerprint density at radius 2 is 2.20 bits per heavy atom. The second kappa shape index (κ2) is 6.16. The lowest BCUT2D eigenvalue weighted by atomic mass is 9.91. The lowest BCUT2D eigenvalue weighted by Gasteiger charge is -2.32. The second-order valence-electron chi connectivity index (χ2n) is 3.99. The van der Waals surface area contributed by atoms with Crippen LogP contribution in [0.3, 0.4) is 0 Å². The van der Waals surface area contributed by atoms with E-state index in [2.05, 4.69) is 22.5 Å². The molecule has 4 heteroatoms. The Balaban J connectivity index is 2.30. The minimum Gasteiger partial charge on any atom is -0.465 e. The number of halogens is 1. The Hall–Kier alpha value is -0.510. The van der Waals surface area contributed by atoms with Gasteiger partial charge < -0.3 is 10.0 Å². The fourth-order valence-electron chi connectivity index (χ4n) is 1.97. The molecule has 1 aliphatic heterocycles. The Kier molecular flexibility index (Phi) is 5.15. The lowest BCUT2D eigenvalue weighted by molar-refractivity contribution is 0.124. The Morgan fingerprint density at radius 3 is 2.67 bits per heavy atom. The van der Waals surface area contributed by atoms with Crippen LogP contribution < -0.4 is 0 Å². The number of hydrogen-bond acceptors (Lipinski definition) is 1. The van der Waals surface area contributed by atoms with Crippen LogP contribution in [0, 0.1) is 5.92 Å². The van der Waals surface area contributed by atoms with Crippen molar-refractivity contribution in [1.29, 1.82) is 0 Å². The summed E-state index contributed by atoms with van der Waals surface area (Å²) in [6.07, 6.45) is 5.21. The minimum atomic E-state index is -0.786. The highest BCUT2D eigenvalue weighted by Crippen LogP contribution is 2.28. The van der Waals surface area contributed by atoms with E-state index in [0.29, 0.717) is 23.8 Å². The second-order valence-corrected chi connectivity index (χ2v) is 5.17. The van der Waals surface area contributed by atoms with E-state index < -0.39 is 6.09 Å². The third-order valence-corrected chi connectivity index (χ3v) is 4.17. The van der Waals surface area contributed by atoms with Gasteiger partial charge in [0.2, 0.25) is 0 Å². The predicted molar refractivity (Wildman–Crippen MR) is 64.5 cm³/mol. The van der Waals surface area contributed by atoms with Crippen LogP contribution in [-0.4, -0.2) is 34.0 Å². The van der Waals surface area contributed by atoms with Gasteiger partial charge >= 0.3 is 6.09 Å². The summed E-state index contributed by atoms with van der Waals surface area (Å²) in [5, 5.41) is 8.81. The van der Waals surface area contributed by atoms with Crippen LogP contribution in [-0.2, 0) is 0 Å². The average molecular weight is 276 g/mol. The molecule has 0 radical (unpaired) electrons. The Bertz CT molecular complexity index is 225. The summed E-state index contributed by atoms with van der Waals surface area (Å²) < 4.78 is 0. The first-order chi connectivity index (χ1) is 7.15. The summed E-state index contributed by atoms with van der Waals surface area (Å²) in [5.41, 5.74) is 0. The molecule has 0 aromatic carbocycles. The van der Waals surface area contributed by atoms with E-state index in [9.17, 15) is 4.79 Å². The van der Waals surface area contributed by atoms with Crippen molar-refractivity contribution in [3.63, 3.8) is 0 Å². The molecule has 1 saturated heterocycles. The summed E-state index contributed by atoms with van der Waals surface area (Å²) in [6.45, 7) is 5.06. The molecule has 3 nitrogen and oxygen atoms in total. The molecule has 0 aromatic heterocycles. The topological polar surface area (TPSA) is 40.5 Å². The standard InChI is InChI=1S/C11H18BrNO2/c1-2-3-4-10(12)9-5-7-13(8-6-9)11(14)15/h2,9-10H,1,3-8H2,(H,14,15). The van der Waals surface area contributed by atoms with E-state index in [4.69, 9.17) is 5.11 Å². The van der Waals surface area contributed by atoms with Crippen LogP contribution in [0.2, 0.25) is 0 Å². The maximum absolute atomic E-state index is 10.7. The molecule has 0 aromatic rings. The molecule has 0 spiro atoms. The number of nitrogens with zero attached hydrogens (tertiary/aromatic N) is 1. The number of allylic oxidation sites excluding steroid dienone is 1.